The molecule has 1 aliphatic rings. The first-order valence-electron chi connectivity index (χ1n) is 8.67. The van der Waals surface area contributed by atoms with Gasteiger partial charge in [0.25, 0.3) is 5.91 Å². The minimum Gasteiger partial charge on any atom is -0.494 e. The second-order valence-corrected chi connectivity index (χ2v) is 7.32. The van der Waals surface area contributed by atoms with E-state index in [0.717, 1.165) is 32.5 Å². The van der Waals surface area contributed by atoms with E-state index < -0.39 is 0 Å². The maximum absolute atomic E-state index is 12.6. The molecule has 1 fully saturated rings. The first-order chi connectivity index (χ1) is 12.6. The number of ether oxygens (including phenoxy) is 1. The molecule has 3 rings (SSSR count). The Kier molecular flexibility index (Phi) is 6.41. The SMILES string of the molecule is COc1c(Cl)cc(Cl)cc1C(=O)NC1CCN(Cc2ccccc2)CC1. The molecule has 1 aliphatic heterocycles. The van der Waals surface area contributed by atoms with Gasteiger partial charge in [0.05, 0.1) is 17.7 Å². The van der Waals surface area contributed by atoms with Gasteiger partial charge in [0.2, 0.25) is 0 Å². The average Bonchev–Trinajstić information content (AvgIpc) is 2.63. The van der Waals surface area contributed by atoms with Crippen LogP contribution in [0.2, 0.25) is 10.0 Å². The Morgan fingerprint density at radius 1 is 1.19 bits per heavy atom. The second kappa shape index (κ2) is 8.76. The predicted molar refractivity (Wildman–Crippen MR) is 105 cm³/mol. The predicted octanol–water partition coefficient (Wildman–Crippen LogP) is 4.40. The number of benzene rings is 2. The van der Waals surface area contributed by atoms with Crippen molar-refractivity contribution in [3.05, 3.63) is 63.6 Å². The molecule has 0 unspecified atom stereocenters. The fourth-order valence-corrected chi connectivity index (χ4v) is 3.85. The fraction of sp³-hybridized carbons (Fsp3) is 0.350. The molecule has 1 heterocycles. The lowest BCUT2D eigenvalue weighted by Gasteiger charge is -2.32. The summed E-state index contributed by atoms with van der Waals surface area (Å²) in [4.78, 5) is 15.1. The van der Waals surface area contributed by atoms with Gasteiger partial charge in [-0.1, -0.05) is 53.5 Å². The minimum absolute atomic E-state index is 0.136. The Bertz CT molecular complexity index is 760. The van der Waals surface area contributed by atoms with E-state index in [1.165, 1.54) is 12.7 Å². The number of halogens is 2. The Balaban J connectivity index is 1.57. The maximum Gasteiger partial charge on any atom is 0.255 e. The van der Waals surface area contributed by atoms with Crippen LogP contribution < -0.4 is 10.1 Å². The van der Waals surface area contributed by atoms with Gasteiger partial charge < -0.3 is 10.1 Å². The maximum atomic E-state index is 12.6. The third-order valence-electron chi connectivity index (χ3n) is 4.63. The number of amides is 1. The summed E-state index contributed by atoms with van der Waals surface area (Å²) in [7, 11) is 1.49. The molecule has 0 saturated carbocycles. The third kappa shape index (κ3) is 4.70. The molecule has 2 aromatic carbocycles. The van der Waals surface area contributed by atoms with Crippen molar-refractivity contribution in [2.45, 2.75) is 25.4 Å². The average molecular weight is 393 g/mol. The highest BCUT2D eigenvalue weighted by atomic mass is 35.5. The van der Waals surface area contributed by atoms with Gasteiger partial charge in [0.15, 0.2) is 0 Å². The Morgan fingerprint density at radius 3 is 2.54 bits per heavy atom. The highest BCUT2D eigenvalue weighted by Gasteiger charge is 2.23. The summed E-state index contributed by atoms with van der Waals surface area (Å²) < 4.78 is 5.27. The van der Waals surface area contributed by atoms with Crippen molar-refractivity contribution in [2.75, 3.05) is 20.2 Å². The van der Waals surface area contributed by atoms with Crippen LogP contribution in [0.5, 0.6) is 5.75 Å². The van der Waals surface area contributed by atoms with E-state index in [9.17, 15) is 4.79 Å². The van der Waals surface area contributed by atoms with Crippen LogP contribution in [-0.4, -0.2) is 37.0 Å². The van der Waals surface area contributed by atoms with Crippen molar-refractivity contribution in [1.29, 1.82) is 0 Å². The van der Waals surface area contributed by atoms with Crippen LogP contribution in [0.3, 0.4) is 0 Å². The van der Waals surface area contributed by atoms with E-state index in [1.807, 2.05) is 6.07 Å². The third-order valence-corrected chi connectivity index (χ3v) is 5.13. The monoisotopic (exact) mass is 392 g/mol. The van der Waals surface area contributed by atoms with Crippen molar-refractivity contribution in [1.82, 2.24) is 10.2 Å². The number of carbonyl (C=O) groups is 1. The smallest absolute Gasteiger partial charge is 0.255 e. The molecular weight excluding hydrogens is 371 g/mol. The number of piperidine rings is 1. The first kappa shape index (κ1) is 19.0. The number of nitrogens with zero attached hydrogens (tertiary/aromatic N) is 1. The molecule has 1 saturated heterocycles. The van der Waals surface area contributed by atoms with Crippen molar-refractivity contribution >= 4 is 29.1 Å². The van der Waals surface area contributed by atoms with Crippen molar-refractivity contribution < 1.29 is 9.53 Å². The molecule has 0 aliphatic carbocycles. The lowest BCUT2D eigenvalue weighted by atomic mass is 10.0. The Morgan fingerprint density at radius 2 is 1.88 bits per heavy atom. The topological polar surface area (TPSA) is 41.6 Å². The van der Waals surface area contributed by atoms with Gasteiger partial charge in [-0.15, -0.1) is 0 Å². The summed E-state index contributed by atoms with van der Waals surface area (Å²) in [6.45, 7) is 2.85. The summed E-state index contributed by atoms with van der Waals surface area (Å²) in [5.74, 6) is 0.155. The molecule has 4 nitrogen and oxygen atoms in total. The van der Waals surface area contributed by atoms with Crippen molar-refractivity contribution in [3.63, 3.8) is 0 Å². The molecule has 0 spiro atoms. The van der Waals surface area contributed by atoms with Gasteiger partial charge in [0.1, 0.15) is 5.75 Å². The van der Waals surface area contributed by atoms with Gasteiger partial charge in [0, 0.05) is 30.7 Å². The van der Waals surface area contributed by atoms with Crippen molar-refractivity contribution in [2.24, 2.45) is 0 Å². The first-order valence-corrected chi connectivity index (χ1v) is 9.42. The number of hydrogen-bond donors (Lipinski definition) is 1. The largest absolute Gasteiger partial charge is 0.494 e. The van der Waals surface area contributed by atoms with E-state index in [2.05, 4.69) is 34.5 Å². The van der Waals surface area contributed by atoms with E-state index in [0.29, 0.717) is 21.4 Å². The van der Waals surface area contributed by atoms with Gasteiger partial charge in [-0.3, -0.25) is 9.69 Å². The van der Waals surface area contributed by atoms with Crippen LogP contribution in [0, 0.1) is 0 Å². The lowest BCUT2D eigenvalue weighted by Crippen LogP contribution is -2.44. The zero-order valence-electron chi connectivity index (χ0n) is 14.7. The molecular formula is C20H22Cl2N2O2. The number of hydrogen-bond acceptors (Lipinski definition) is 3. The second-order valence-electron chi connectivity index (χ2n) is 6.48. The van der Waals surface area contributed by atoms with Crippen LogP contribution in [0.1, 0.15) is 28.8 Å². The summed E-state index contributed by atoms with van der Waals surface area (Å²) in [6.07, 6.45) is 1.82. The van der Waals surface area contributed by atoms with Crippen LogP contribution in [0.4, 0.5) is 0 Å². The number of nitrogens with one attached hydrogen (secondary N) is 1. The molecule has 0 radical (unpaired) electrons. The van der Waals surface area contributed by atoms with E-state index in [1.54, 1.807) is 12.1 Å². The van der Waals surface area contributed by atoms with Crippen LogP contribution in [0.25, 0.3) is 0 Å². The van der Waals surface area contributed by atoms with Gasteiger partial charge in [-0.25, -0.2) is 0 Å². The molecule has 6 heteroatoms. The zero-order chi connectivity index (χ0) is 18.5. The Labute approximate surface area is 164 Å². The molecule has 0 aromatic heterocycles. The highest BCUT2D eigenvalue weighted by Crippen LogP contribution is 2.32. The highest BCUT2D eigenvalue weighted by molar-refractivity contribution is 6.36. The van der Waals surface area contributed by atoms with Crippen molar-refractivity contribution in [3.8, 4) is 5.75 Å². The van der Waals surface area contributed by atoms with E-state index >= 15 is 0 Å². The molecule has 1 N–H and O–H groups in total. The van der Waals surface area contributed by atoms with Crippen LogP contribution in [0.15, 0.2) is 42.5 Å². The van der Waals surface area contributed by atoms with Gasteiger partial charge in [-0.2, -0.15) is 0 Å². The molecule has 0 bridgehead atoms. The van der Waals surface area contributed by atoms with E-state index in [4.69, 9.17) is 27.9 Å². The van der Waals surface area contributed by atoms with Crippen LogP contribution in [-0.2, 0) is 6.54 Å². The van der Waals surface area contributed by atoms with Gasteiger partial charge in [-0.05, 0) is 30.5 Å². The van der Waals surface area contributed by atoms with Crippen LogP contribution >= 0.6 is 23.2 Å². The molecule has 1 amide bonds. The summed E-state index contributed by atoms with van der Waals surface area (Å²) in [5.41, 5.74) is 1.69. The number of rotatable bonds is 5. The minimum atomic E-state index is -0.201. The van der Waals surface area contributed by atoms with Gasteiger partial charge >= 0.3 is 0 Å². The fourth-order valence-electron chi connectivity index (χ4n) is 3.28. The standard InChI is InChI=1S/C20H22Cl2N2O2/c1-26-19-17(11-15(21)12-18(19)22)20(25)23-16-7-9-24(10-8-16)13-14-5-3-2-4-6-14/h2-6,11-12,16H,7-10,13H2,1H3,(H,23,25). The zero-order valence-corrected chi connectivity index (χ0v) is 16.2. The lowest BCUT2D eigenvalue weighted by molar-refractivity contribution is 0.0906. The molecule has 138 valence electrons. The number of likely N-dealkylation sites (tertiary alicyclic amines) is 1. The number of carbonyl (C=O) groups excluding carboxylic acids is 1. The van der Waals surface area contributed by atoms with E-state index in [-0.39, 0.29) is 11.9 Å². The quantitative estimate of drug-likeness (QED) is 0.819. The normalized spacial score (nSPS) is 15.7. The molecule has 26 heavy (non-hydrogen) atoms. The Hall–Kier alpha value is -1.75. The summed E-state index contributed by atoms with van der Waals surface area (Å²) >= 11 is 12.2. The molecule has 2 aromatic rings. The molecule has 0 atom stereocenters. The summed E-state index contributed by atoms with van der Waals surface area (Å²) in [6, 6.07) is 13.7. The summed E-state index contributed by atoms with van der Waals surface area (Å²) in [5, 5.41) is 3.84. The number of methoxy groups -OCH3 is 1.